The van der Waals surface area contributed by atoms with E-state index in [1.54, 1.807) is 5.57 Å². The van der Waals surface area contributed by atoms with Crippen molar-refractivity contribution in [1.82, 2.24) is 0 Å². The summed E-state index contributed by atoms with van der Waals surface area (Å²) in [4.78, 5) is 0. The molecule has 0 amide bonds. The molecule has 0 saturated heterocycles. The summed E-state index contributed by atoms with van der Waals surface area (Å²) in [5.41, 5.74) is 3.38. The van der Waals surface area contributed by atoms with Gasteiger partial charge < -0.3 is 10.2 Å². The third-order valence-corrected chi connectivity index (χ3v) is 8.17. The quantitative estimate of drug-likeness (QED) is 0.711. The van der Waals surface area contributed by atoms with Crippen LogP contribution in [-0.4, -0.2) is 22.4 Å². The Morgan fingerprint density at radius 3 is 2.52 bits per heavy atom. The van der Waals surface area contributed by atoms with Crippen molar-refractivity contribution in [2.75, 3.05) is 0 Å². The fourth-order valence-electron chi connectivity index (χ4n) is 6.89. The molecule has 0 spiro atoms. The maximum atomic E-state index is 10.2. The normalized spacial score (nSPS) is 50.3. The second kappa shape index (κ2) is 5.20. The van der Waals surface area contributed by atoms with Crippen molar-refractivity contribution < 1.29 is 10.2 Å². The molecular formula is C21H32O2. The second-order valence-corrected chi connectivity index (χ2v) is 9.18. The molecule has 0 aromatic carbocycles. The van der Waals surface area contributed by atoms with Crippen LogP contribution in [0.1, 0.15) is 65.7 Å². The lowest BCUT2D eigenvalue weighted by Gasteiger charge is -2.58. The van der Waals surface area contributed by atoms with Crippen LogP contribution >= 0.6 is 0 Å². The summed E-state index contributed by atoms with van der Waals surface area (Å²) in [6, 6.07) is 0. The summed E-state index contributed by atoms with van der Waals surface area (Å²) >= 11 is 0. The van der Waals surface area contributed by atoms with E-state index in [4.69, 9.17) is 0 Å². The Morgan fingerprint density at radius 1 is 1.04 bits per heavy atom. The summed E-state index contributed by atoms with van der Waals surface area (Å²) in [5, 5.41) is 20.3. The summed E-state index contributed by atoms with van der Waals surface area (Å²) in [7, 11) is 0. The number of allylic oxidation sites excluding steroid dienone is 2. The number of aliphatic hydroxyl groups is 2. The molecule has 0 aliphatic heterocycles. The molecule has 0 aromatic heterocycles. The Hall–Kier alpha value is -0.600. The molecule has 128 valence electrons. The lowest BCUT2D eigenvalue weighted by atomic mass is 9.47. The summed E-state index contributed by atoms with van der Waals surface area (Å²) in [5.74, 6) is 2.23. The minimum atomic E-state index is -0.295. The van der Waals surface area contributed by atoms with Crippen molar-refractivity contribution in [3.63, 3.8) is 0 Å². The molecule has 2 fully saturated rings. The third-order valence-electron chi connectivity index (χ3n) is 8.17. The van der Waals surface area contributed by atoms with Crippen LogP contribution in [0.3, 0.4) is 0 Å². The van der Waals surface area contributed by atoms with E-state index in [0.717, 1.165) is 37.5 Å². The fourth-order valence-corrected chi connectivity index (χ4v) is 6.89. The molecule has 2 heteroatoms. The Balaban J connectivity index is 1.66. The molecule has 0 radical (unpaired) electrons. The number of hydrogen-bond acceptors (Lipinski definition) is 2. The van der Waals surface area contributed by atoms with Gasteiger partial charge in [-0.05, 0) is 86.0 Å². The molecule has 0 bridgehead atoms. The number of rotatable bonds is 1. The Kier molecular flexibility index (Phi) is 3.59. The zero-order valence-corrected chi connectivity index (χ0v) is 14.9. The van der Waals surface area contributed by atoms with E-state index in [1.165, 1.54) is 24.8 Å². The lowest BCUT2D eigenvalue weighted by molar-refractivity contribution is -0.0339. The first-order valence-electron chi connectivity index (χ1n) is 9.62. The first-order chi connectivity index (χ1) is 10.9. The first-order valence-corrected chi connectivity index (χ1v) is 9.62. The zero-order valence-electron chi connectivity index (χ0n) is 14.9. The second-order valence-electron chi connectivity index (χ2n) is 9.18. The molecule has 7 atom stereocenters. The van der Waals surface area contributed by atoms with E-state index in [1.807, 2.05) is 6.92 Å². The highest BCUT2D eigenvalue weighted by Crippen LogP contribution is 2.65. The predicted octanol–water partition coefficient (Wildman–Crippen LogP) is 4.23. The van der Waals surface area contributed by atoms with Crippen molar-refractivity contribution >= 4 is 0 Å². The maximum Gasteiger partial charge on any atom is 0.0727 e. The van der Waals surface area contributed by atoms with Gasteiger partial charge in [-0.25, -0.2) is 0 Å². The molecule has 0 heterocycles. The number of aliphatic hydroxyl groups excluding tert-OH is 2. The van der Waals surface area contributed by atoms with Crippen molar-refractivity contribution in [1.29, 1.82) is 0 Å². The average molecular weight is 316 g/mol. The topological polar surface area (TPSA) is 40.5 Å². The van der Waals surface area contributed by atoms with E-state index in [2.05, 4.69) is 26.0 Å². The molecule has 2 saturated carbocycles. The lowest BCUT2D eigenvalue weighted by Crippen LogP contribution is -2.50. The highest BCUT2D eigenvalue weighted by atomic mass is 16.3. The monoisotopic (exact) mass is 316 g/mol. The van der Waals surface area contributed by atoms with E-state index in [9.17, 15) is 10.2 Å². The molecular weight excluding hydrogens is 284 g/mol. The predicted molar refractivity (Wildman–Crippen MR) is 92.9 cm³/mol. The van der Waals surface area contributed by atoms with Crippen LogP contribution in [0.4, 0.5) is 0 Å². The number of fused-ring (bicyclic) bond motifs is 5. The van der Waals surface area contributed by atoms with Crippen LogP contribution in [0.2, 0.25) is 0 Å². The average Bonchev–Trinajstić information content (AvgIpc) is 2.85. The maximum absolute atomic E-state index is 10.2. The van der Waals surface area contributed by atoms with Crippen LogP contribution in [0, 0.1) is 28.6 Å². The van der Waals surface area contributed by atoms with Crippen molar-refractivity contribution in [3.05, 3.63) is 23.3 Å². The summed E-state index contributed by atoms with van der Waals surface area (Å²) < 4.78 is 0. The van der Waals surface area contributed by atoms with Crippen molar-refractivity contribution in [3.8, 4) is 0 Å². The van der Waals surface area contributed by atoms with Crippen LogP contribution in [0.5, 0.6) is 0 Å². The van der Waals surface area contributed by atoms with Gasteiger partial charge >= 0.3 is 0 Å². The van der Waals surface area contributed by atoms with Crippen LogP contribution in [0.25, 0.3) is 0 Å². The minimum Gasteiger partial charge on any atom is -0.393 e. The van der Waals surface area contributed by atoms with Crippen LogP contribution in [-0.2, 0) is 0 Å². The highest BCUT2D eigenvalue weighted by Gasteiger charge is 2.56. The Labute approximate surface area is 140 Å². The first kappa shape index (κ1) is 15.9. The summed E-state index contributed by atoms with van der Waals surface area (Å²) in [6.45, 7) is 6.82. The third kappa shape index (κ3) is 2.14. The number of hydrogen-bond donors (Lipinski definition) is 2. The molecule has 0 aromatic rings. The highest BCUT2D eigenvalue weighted by molar-refractivity contribution is 5.31. The van der Waals surface area contributed by atoms with Gasteiger partial charge in [0, 0.05) is 0 Å². The van der Waals surface area contributed by atoms with E-state index < -0.39 is 0 Å². The van der Waals surface area contributed by atoms with Crippen molar-refractivity contribution in [2.45, 2.75) is 77.9 Å². The molecule has 7 unspecified atom stereocenters. The van der Waals surface area contributed by atoms with Gasteiger partial charge in [-0.1, -0.05) is 31.6 Å². The summed E-state index contributed by atoms with van der Waals surface area (Å²) in [6.07, 6.45) is 12.3. The van der Waals surface area contributed by atoms with Gasteiger partial charge in [0.25, 0.3) is 0 Å². The van der Waals surface area contributed by atoms with E-state index in [0.29, 0.717) is 11.3 Å². The SMILES string of the molecule is CC(O)C1=CCC2C3CC=C4CC(O)CCC4(C)C3CCC12C. The van der Waals surface area contributed by atoms with Gasteiger partial charge in [0.2, 0.25) is 0 Å². The molecule has 4 aliphatic rings. The van der Waals surface area contributed by atoms with E-state index in [-0.39, 0.29) is 17.6 Å². The van der Waals surface area contributed by atoms with Gasteiger partial charge in [0.15, 0.2) is 0 Å². The van der Waals surface area contributed by atoms with Gasteiger partial charge in [0.1, 0.15) is 0 Å². The van der Waals surface area contributed by atoms with Crippen LogP contribution < -0.4 is 0 Å². The van der Waals surface area contributed by atoms with Gasteiger partial charge in [-0.15, -0.1) is 0 Å². The van der Waals surface area contributed by atoms with E-state index >= 15 is 0 Å². The Morgan fingerprint density at radius 2 is 1.78 bits per heavy atom. The standard InChI is InChI=1S/C21H32O2/c1-13(22)17-6-7-18-16-5-4-14-12-15(23)8-10-20(14,2)19(16)9-11-21(17,18)3/h4,6,13,15-16,18-19,22-23H,5,7-12H2,1-3H3. The van der Waals surface area contributed by atoms with Gasteiger partial charge in [-0.3, -0.25) is 0 Å². The van der Waals surface area contributed by atoms with Crippen LogP contribution in [0.15, 0.2) is 23.3 Å². The minimum absolute atomic E-state index is 0.116. The molecule has 2 N–H and O–H groups in total. The fraction of sp³-hybridized carbons (Fsp3) is 0.810. The smallest absolute Gasteiger partial charge is 0.0727 e. The molecule has 4 rings (SSSR count). The molecule has 2 nitrogen and oxygen atoms in total. The molecule has 23 heavy (non-hydrogen) atoms. The zero-order chi connectivity index (χ0) is 16.4. The Bertz CT molecular complexity index is 560. The van der Waals surface area contributed by atoms with Crippen molar-refractivity contribution in [2.24, 2.45) is 28.6 Å². The van der Waals surface area contributed by atoms with Gasteiger partial charge in [0.05, 0.1) is 12.2 Å². The molecule has 4 aliphatic carbocycles. The van der Waals surface area contributed by atoms with Gasteiger partial charge in [-0.2, -0.15) is 0 Å². The largest absolute Gasteiger partial charge is 0.393 e.